The Kier molecular flexibility index (Phi) is 2.48. The highest BCUT2D eigenvalue weighted by atomic mass is 16.5. The van der Waals surface area contributed by atoms with Gasteiger partial charge in [0.15, 0.2) is 5.43 Å². The number of benzene rings is 1. The van der Waals surface area contributed by atoms with Gasteiger partial charge in [-0.3, -0.25) is 4.79 Å². The smallest absolute Gasteiger partial charge is 0.354 e. The van der Waals surface area contributed by atoms with Gasteiger partial charge < -0.3 is 9.72 Å². The van der Waals surface area contributed by atoms with E-state index in [1.807, 2.05) is 19.1 Å². The van der Waals surface area contributed by atoms with Crippen LogP contribution in [-0.2, 0) is 4.74 Å². The minimum atomic E-state index is -0.541. The second-order valence-electron chi connectivity index (χ2n) is 3.54. The van der Waals surface area contributed by atoms with E-state index in [2.05, 4.69) is 9.72 Å². The fraction of sp³-hybridized carbons (Fsp3) is 0.167. The molecule has 0 saturated carbocycles. The molecule has 1 aromatic heterocycles. The zero-order valence-electron chi connectivity index (χ0n) is 9.03. The van der Waals surface area contributed by atoms with Crippen molar-refractivity contribution in [1.82, 2.24) is 4.98 Å². The van der Waals surface area contributed by atoms with Crippen LogP contribution in [0.4, 0.5) is 0 Å². The van der Waals surface area contributed by atoms with E-state index >= 15 is 0 Å². The number of aromatic amines is 1. The maximum Gasteiger partial charge on any atom is 0.354 e. The third-order valence-electron chi connectivity index (χ3n) is 2.47. The zero-order chi connectivity index (χ0) is 11.7. The van der Waals surface area contributed by atoms with Crippen molar-refractivity contribution in [2.75, 3.05) is 7.11 Å². The Balaban J connectivity index is 2.79. The van der Waals surface area contributed by atoms with Crippen LogP contribution in [0.3, 0.4) is 0 Å². The number of nitrogens with one attached hydrogen (secondary N) is 1. The molecule has 1 N–H and O–H groups in total. The normalized spacial score (nSPS) is 10.4. The summed E-state index contributed by atoms with van der Waals surface area (Å²) in [6.07, 6.45) is 0. The number of carbonyl (C=O) groups is 1. The van der Waals surface area contributed by atoms with Gasteiger partial charge in [0, 0.05) is 11.5 Å². The molecule has 2 aromatic rings. The van der Waals surface area contributed by atoms with Gasteiger partial charge in [0.2, 0.25) is 0 Å². The summed E-state index contributed by atoms with van der Waals surface area (Å²) in [5.74, 6) is -0.541. The first-order chi connectivity index (χ1) is 7.63. The maximum absolute atomic E-state index is 11.8. The quantitative estimate of drug-likeness (QED) is 0.738. The van der Waals surface area contributed by atoms with Gasteiger partial charge in [-0.25, -0.2) is 4.79 Å². The van der Waals surface area contributed by atoms with Crippen LogP contribution >= 0.6 is 0 Å². The lowest BCUT2D eigenvalue weighted by Gasteiger charge is -2.04. The molecule has 0 unspecified atom stereocenters. The number of methoxy groups -OCH3 is 1. The first-order valence-electron chi connectivity index (χ1n) is 4.84. The number of rotatable bonds is 1. The first-order valence-corrected chi connectivity index (χ1v) is 4.84. The van der Waals surface area contributed by atoms with Crippen LogP contribution in [-0.4, -0.2) is 18.1 Å². The second kappa shape index (κ2) is 3.81. The largest absolute Gasteiger partial charge is 0.464 e. The Morgan fingerprint density at radius 1 is 1.38 bits per heavy atom. The number of fused-ring (bicyclic) bond motifs is 1. The molecule has 0 fully saturated rings. The molecule has 16 heavy (non-hydrogen) atoms. The van der Waals surface area contributed by atoms with E-state index in [4.69, 9.17) is 0 Å². The van der Waals surface area contributed by atoms with Gasteiger partial charge >= 0.3 is 5.97 Å². The summed E-state index contributed by atoms with van der Waals surface area (Å²) in [5, 5.41) is 0.607. The molecule has 0 aliphatic rings. The number of carbonyl (C=O) groups excluding carboxylic acids is 1. The number of H-pyrrole nitrogens is 1. The van der Waals surface area contributed by atoms with Crippen molar-refractivity contribution in [3.63, 3.8) is 0 Å². The van der Waals surface area contributed by atoms with Crippen LogP contribution in [0.2, 0.25) is 0 Å². The molecule has 4 nitrogen and oxygen atoms in total. The van der Waals surface area contributed by atoms with Gasteiger partial charge in [0.05, 0.1) is 12.6 Å². The molecule has 0 amide bonds. The molecule has 4 heteroatoms. The van der Waals surface area contributed by atoms with Crippen molar-refractivity contribution in [2.45, 2.75) is 6.92 Å². The number of ether oxygens (including phenoxy) is 1. The van der Waals surface area contributed by atoms with E-state index in [-0.39, 0.29) is 11.1 Å². The van der Waals surface area contributed by atoms with Crippen LogP contribution in [0.5, 0.6) is 0 Å². The Hall–Kier alpha value is -2.10. The average Bonchev–Trinajstić information content (AvgIpc) is 2.27. The van der Waals surface area contributed by atoms with Crippen molar-refractivity contribution in [3.8, 4) is 0 Å². The number of hydrogen-bond donors (Lipinski definition) is 1. The fourth-order valence-corrected chi connectivity index (χ4v) is 1.70. The van der Waals surface area contributed by atoms with Gasteiger partial charge in [-0.2, -0.15) is 0 Å². The number of aryl methyl sites for hydroxylation is 1. The Morgan fingerprint density at radius 3 is 2.81 bits per heavy atom. The van der Waals surface area contributed by atoms with E-state index in [9.17, 15) is 9.59 Å². The van der Waals surface area contributed by atoms with Crippen molar-refractivity contribution >= 4 is 16.9 Å². The lowest BCUT2D eigenvalue weighted by atomic mass is 10.1. The van der Waals surface area contributed by atoms with E-state index in [0.29, 0.717) is 10.9 Å². The fourth-order valence-electron chi connectivity index (χ4n) is 1.70. The third kappa shape index (κ3) is 1.58. The molecular weight excluding hydrogens is 206 g/mol. The molecule has 0 atom stereocenters. The Labute approximate surface area is 91.9 Å². The highest BCUT2D eigenvalue weighted by Crippen LogP contribution is 2.12. The SMILES string of the molecule is COC(=O)c1cc(=O)c2c(C)cccc2[nH]1. The third-order valence-corrected chi connectivity index (χ3v) is 2.47. The average molecular weight is 217 g/mol. The van der Waals surface area contributed by atoms with Crippen LogP contribution in [0, 0.1) is 6.92 Å². The zero-order valence-corrected chi connectivity index (χ0v) is 9.03. The van der Waals surface area contributed by atoms with E-state index in [1.54, 1.807) is 6.07 Å². The van der Waals surface area contributed by atoms with Crippen molar-refractivity contribution < 1.29 is 9.53 Å². The molecule has 0 radical (unpaired) electrons. The van der Waals surface area contributed by atoms with Crippen LogP contribution in [0.1, 0.15) is 16.1 Å². The monoisotopic (exact) mass is 217 g/mol. The van der Waals surface area contributed by atoms with Gasteiger partial charge in [-0.1, -0.05) is 12.1 Å². The van der Waals surface area contributed by atoms with Gasteiger partial charge in [-0.05, 0) is 18.6 Å². The molecule has 0 aliphatic heterocycles. The topological polar surface area (TPSA) is 59.2 Å². The van der Waals surface area contributed by atoms with E-state index in [0.717, 1.165) is 5.56 Å². The van der Waals surface area contributed by atoms with Gasteiger partial charge in [-0.15, -0.1) is 0 Å². The summed E-state index contributed by atoms with van der Waals surface area (Å²) in [6.45, 7) is 1.86. The summed E-state index contributed by atoms with van der Waals surface area (Å²) < 4.78 is 4.56. The van der Waals surface area contributed by atoms with Crippen molar-refractivity contribution in [1.29, 1.82) is 0 Å². The molecule has 0 aliphatic carbocycles. The molecule has 82 valence electrons. The molecule has 1 aromatic carbocycles. The lowest BCUT2D eigenvalue weighted by molar-refractivity contribution is 0.0594. The van der Waals surface area contributed by atoms with Crippen LogP contribution in [0.15, 0.2) is 29.1 Å². The molecule has 0 bridgehead atoms. The van der Waals surface area contributed by atoms with Gasteiger partial charge in [0.25, 0.3) is 0 Å². The van der Waals surface area contributed by atoms with Crippen molar-refractivity contribution in [2.24, 2.45) is 0 Å². The minimum Gasteiger partial charge on any atom is -0.464 e. The Bertz CT molecular complexity index is 613. The second-order valence-corrected chi connectivity index (χ2v) is 3.54. The summed E-state index contributed by atoms with van der Waals surface area (Å²) >= 11 is 0. The molecule has 2 rings (SSSR count). The standard InChI is InChI=1S/C12H11NO3/c1-7-4-3-5-8-11(7)10(14)6-9(13-8)12(15)16-2/h3-6H,1-2H3,(H,13,14). The number of pyridine rings is 1. The van der Waals surface area contributed by atoms with Crippen LogP contribution in [0.25, 0.3) is 10.9 Å². The maximum atomic E-state index is 11.8. The number of aromatic nitrogens is 1. The minimum absolute atomic E-state index is 0.172. The lowest BCUT2D eigenvalue weighted by Crippen LogP contribution is -2.11. The Morgan fingerprint density at radius 2 is 2.12 bits per heavy atom. The molecule has 0 spiro atoms. The summed E-state index contributed by atoms with van der Waals surface area (Å²) in [7, 11) is 1.28. The van der Waals surface area contributed by atoms with Crippen LogP contribution < -0.4 is 5.43 Å². The van der Waals surface area contributed by atoms with Gasteiger partial charge in [0.1, 0.15) is 5.69 Å². The molecule has 1 heterocycles. The summed E-state index contributed by atoms with van der Waals surface area (Å²) in [4.78, 5) is 26.0. The highest BCUT2D eigenvalue weighted by Gasteiger charge is 2.10. The van der Waals surface area contributed by atoms with E-state index in [1.165, 1.54) is 13.2 Å². The predicted molar refractivity (Wildman–Crippen MR) is 60.6 cm³/mol. The summed E-state index contributed by atoms with van der Waals surface area (Å²) in [6, 6.07) is 6.71. The van der Waals surface area contributed by atoms with E-state index < -0.39 is 5.97 Å². The van der Waals surface area contributed by atoms with Crippen molar-refractivity contribution in [3.05, 3.63) is 45.7 Å². The number of esters is 1. The number of hydrogen-bond acceptors (Lipinski definition) is 3. The highest BCUT2D eigenvalue weighted by molar-refractivity contribution is 5.91. The molecule has 0 saturated heterocycles. The predicted octanol–water partition coefficient (Wildman–Crippen LogP) is 1.62. The first kappa shape index (κ1) is 10.4. The molecular formula is C12H11NO3. The summed E-state index contributed by atoms with van der Waals surface area (Å²) in [5.41, 5.74) is 1.53.